The highest BCUT2D eigenvalue weighted by Crippen LogP contribution is 2.54. The molecular formula is C51H45N3. The van der Waals surface area contributed by atoms with E-state index in [9.17, 15) is 0 Å². The Hall–Kier alpha value is -5.93. The minimum Gasteiger partial charge on any atom is -0.332 e. The molecule has 3 aliphatic carbocycles. The van der Waals surface area contributed by atoms with Crippen molar-refractivity contribution in [2.45, 2.75) is 56.9 Å². The second kappa shape index (κ2) is 12.6. The number of hydrogen-bond donors (Lipinski definition) is 0. The van der Waals surface area contributed by atoms with Gasteiger partial charge in [-0.25, -0.2) is 0 Å². The number of dihydropyridines is 1. The molecule has 2 heterocycles. The lowest BCUT2D eigenvalue weighted by Gasteiger charge is -2.44. The molecule has 3 nitrogen and oxygen atoms in total. The van der Waals surface area contributed by atoms with Gasteiger partial charge in [-0.3, -0.25) is 4.99 Å². The number of aromatic nitrogens is 1. The van der Waals surface area contributed by atoms with E-state index in [4.69, 9.17) is 0 Å². The lowest BCUT2D eigenvalue weighted by molar-refractivity contribution is 0.550. The number of hydrogen-bond acceptors (Lipinski definition) is 2. The van der Waals surface area contributed by atoms with Crippen LogP contribution >= 0.6 is 0 Å². The molecule has 0 saturated heterocycles. The summed E-state index contributed by atoms with van der Waals surface area (Å²) in [5.74, 6) is 0.298. The van der Waals surface area contributed by atoms with Gasteiger partial charge < -0.3 is 9.47 Å². The molecule has 0 fully saturated rings. The summed E-state index contributed by atoms with van der Waals surface area (Å²) in [4.78, 5) is 7.20. The highest BCUT2D eigenvalue weighted by atomic mass is 15.2. The standard InChI is InChI=1S/C51H45N3/c1-50(2)46-20-9-7-18-42(46)43-28-29-51(3,33-47(43)50)54(41-17-11-13-36(31-41)38-14-12-30-52-34-38)40-25-22-35(23-26-40)37-24-27-49-45(32-37)44-19-8-10-21-48(44)53(49)39-15-5-4-6-16-39/h4-11,13-28,31,33-34,37H,12,29-30,32H2,1-3H3. The molecule has 3 heteroatoms. The maximum Gasteiger partial charge on any atom is 0.0646 e. The van der Waals surface area contributed by atoms with E-state index >= 15 is 0 Å². The van der Waals surface area contributed by atoms with Gasteiger partial charge in [0.1, 0.15) is 0 Å². The largest absolute Gasteiger partial charge is 0.332 e. The topological polar surface area (TPSA) is 20.5 Å². The highest BCUT2D eigenvalue weighted by molar-refractivity contribution is 6.10. The fourth-order valence-corrected chi connectivity index (χ4v) is 9.63. The van der Waals surface area contributed by atoms with Crippen LogP contribution in [-0.4, -0.2) is 22.9 Å². The molecule has 2 atom stereocenters. The summed E-state index contributed by atoms with van der Waals surface area (Å²) in [6.07, 6.45) is 17.1. The van der Waals surface area contributed by atoms with E-state index in [1.807, 2.05) is 6.21 Å². The zero-order valence-electron chi connectivity index (χ0n) is 31.3. The van der Waals surface area contributed by atoms with Crippen molar-refractivity contribution in [1.29, 1.82) is 0 Å². The van der Waals surface area contributed by atoms with Crippen molar-refractivity contribution in [1.82, 2.24) is 4.57 Å². The van der Waals surface area contributed by atoms with Crippen LogP contribution in [0.15, 0.2) is 162 Å². The summed E-state index contributed by atoms with van der Waals surface area (Å²) in [7, 11) is 0. The van der Waals surface area contributed by atoms with Crippen LogP contribution in [0.25, 0.3) is 33.8 Å². The maximum absolute atomic E-state index is 4.61. The summed E-state index contributed by atoms with van der Waals surface area (Å²) >= 11 is 0. The highest BCUT2D eigenvalue weighted by Gasteiger charge is 2.44. The molecule has 0 spiro atoms. The maximum atomic E-state index is 4.61. The van der Waals surface area contributed by atoms with Gasteiger partial charge in [-0.15, -0.1) is 0 Å². The van der Waals surface area contributed by atoms with Crippen LogP contribution in [0.1, 0.15) is 73.0 Å². The second-order valence-electron chi connectivity index (χ2n) is 16.1. The predicted molar refractivity (Wildman–Crippen MR) is 228 cm³/mol. The van der Waals surface area contributed by atoms with Gasteiger partial charge in [0.2, 0.25) is 0 Å². The van der Waals surface area contributed by atoms with Crippen molar-refractivity contribution in [3.8, 4) is 5.69 Å². The van der Waals surface area contributed by atoms with Crippen LogP contribution in [0.4, 0.5) is 11.4 Å². The first kappa shape index (κ1) is 32.7. The van der Waals surface area contributed by atoms with E-state index < -0.39 is 0 Å². The van der Waals surface area contributed by atoms with Gasteiger partial charge in [0.15, 0.2) is 0 Å². The number of benzene rings is 5. The van der Waals surface area contributed by atoms with Gasteiger partial charge in [0, 0.05) is 52.2 Å². The Morgan fingerprint density at radius 3 is 2.39 bits per heavy atom. The molecule has 0 amide bonds. The number of aliphatic imine (C=N–C) groups is 1. The lowest BCUT2D eigenvalue weighted by atomic mass is 9.75. The molecule has 0 saturated carbocycles. The van der Waals surface area contributed by atoms with Gasteiger partial charge in [0.05, 0.1) is 11.1 Å². The van der Waals surface area contributed by atoms with Crippen molar-refractivity contribution >= 4 is 45.7 Å². The fourth-order valence-electron chi connectivity index (χ4n) is 9.63. The van der Waals surface area contributed by atoms with Gasteiger partial charge in [-0.1, -0.05) is 123 Å². The molecule has 10 rings (SSSR count). The molecule has 4 aliphatic rings. The van der Waals surface area contributed by atoms with Crippen LogP contribution in [-0.2, 0) is 11.8 Å². The van der Waals surface area contributed by atoms with Crippen molar-refractivity contribution in [3.05, 3.63) is 191 Å². The number of para-hydroxylation sites is 2. The van der Waals surface area contributed by atoms with Crippen LogP contribution in [0.2, 0.25) is 0 Å². The van der Waals surface area contributed by atoms with Crippen LogP contribution in [0.5, 0.6) is 0 Å². The zero-order chi connectivity index (χ0) is 36.4. The Bertz CT molecular complexity index is 2590. The Morgan fingerprint density at radius 2 is 1.56 bits per heavy atom. The van der Waals surface area contributed by atoms with E-state index in [-0.39, 0.29) is 11.0 Å². The van der Waals surface area contributed by atoms with Gasteiger partial charge in [-0.05, 0) is 119 Å². The summed E-state index contributed by atoms with van der Waals surface area (Å²) in [5.41, 5.74) is 16.6. The minimum absolute atomic E-state index is 0.0688. The smallest absolute Gasteiger partial charge is 0.0646 e. The number of nitrogens with zero attached hydrogens (tertiary/aromatic N) is 3. The quantitative estimate of drug-likeness (QED) is 0.169. The Labute approximate surface area is 319 Å². The number of allylic oxidation sites excluding steroid dienone is 4. The third-order valence-electron chi connectivity index (χ3n) is 12.4. The van der Waals surface area contributed by atoms with E-state index in [0.717, 1.165) is 25.8 Å². The van der Waals surface area contributed by atoms with Crippen molar-refractivity contribution in [2.24, 2.45) is 4.99 Å². The summed E-state index contributed by atoms with van der Waals surface area (Å²) in [6.45, 7) is 8.06. The molecule has 54 heavy (non-hydrogen) atoms. The van der Waals surface area contributed by atoms with Crippen LogP contribution in [0.3, 0.4) is 0 Å². The zero-order valence-corrected chi connectivity index (χ0v) is 31.3. The van der Waals surface area contributed by atoms with Crippen molar-refractivity contribution in [3.63, 3.8) is 0 Å². The molecule has 264 valence electrons. The van der Waals surface area contributed by atoms with E-state index in [1.165, 1.54) is 78.2 Å². The fraction of sp³-hybridized carbons (Fsp3) is 0.196. The average Bonchev–Trinajstić information content (AvgIpc) is 3.66. The lowest BCUT2D eigenvalue weighted by Crippen LogP contribution is -2.43. The minimum atomic E-state index is -0.285. The summed E-state index contributed by atoms with van der Waals surface area (Å²) in [6, 6.07) is 47.1. The molecule has 6 aromatic rings. The normalized spacial score (nSPS) is 20.8. The van der Waals surface area contributed by atoms with E-state index in [2.05, 4.69) is 193 Å². The number of rotatable bonds is 6. The molecule has 0 radical (unpaired) electrons. The molecule has 0 bridgehead atoms. The van der Waals surface area contributed by atoms with Gasteiger partial charge in [-0.2, -0.15) is 0 Å². The number of anilines is 2. The molecular weight excluding hydrogens is 655 g/mol. The third-order valence-corrected chi connectivity index (χ3v) is 12.4. The first-order valence-electron chi connectivity index (χ1n) is 19.5. The molecule has 2 unspecified atom stereocenters. The monoisotopic (exact) mass is 699 g/mol. The van der Waals surface area contributed by atoms with E-state index in [0.29, 0.717) is 5.92 Å². The van der Waals surface area contributed by atoms with Crippen LogP contribution in [0, 0.1) is 0 Å². The van der Waals surface area contributed by atoms with Crippen molar-refractivity contribution in [2.75, 3.05) is 11.4 Å². The summed E-state index contributed by atoms with van der Waals surface area (Å²) in [5, 5.41) is 1.34. The van der Waals surface area contributed by atoms with Gasteiger partial charge >= 0.3 is 0 Å². The summed E-state index contributed by atoms with van der Waals surface area (Å²) < 4.78 is 2.42. The third kappa shape index (κ3) is 5.21. The Morgan fingerprint density at radius 1 is 0.759 bits per heavy atom. The first-order valence-corrected chi connectivity index (χ1v) is 19.5. The SMILES string of the molecule is CC1(C)C2=CC(C)(N(c3ccc(C4C=Cc5c(c6ccccc6n5-c5ccccc5)C4)cc3)c3cccc(C4=CCCN=C4)c3)CC=C2c2ccccc21. The predicted octanol–water partition coefficient (Wildman–Crippen LogP) is 12.4. The Balaban J connectivity index is 1.04. The van der Waals surface area contributed by atoms with Crippen LogP contribution < -0.4 is 4.90 Å². The second-order valence-corrected chi connectivity index (χ2v) is 16.1. The average molecular weight is 700 g/mol. The molecule has 1 aliphatic heterocycles. The first-order chi connectivity index (χ1) is 26.4. The van der Waals surface area contributed by atoms with Crippen molar-refractivity contribution < 1.29 is 0 Å². The number of fused-ring (bicyclic) bond motifs is 6. The van der Waals surface area contributed by atoms with Gasteiger partial charge in [0.25, 0.3) is 0 Å². The molecule has 5 aromatic carbocycles. The Kier molecular flexibility index (Phi) is 7.63. The molecule has 1 aromatic heterocycles. The molecule has 0 N–H and O–H groups in total. The van der Waals surface area contributed by atoms with E-state index in [1.54, 1.807) is 0 Å².